The summed E-state index contributed by atoms with van der Waals surface area (Å²) < 4.78 is 10.8. The molecule has 0 aliphatic carbocycles. The first-order valence-corrected chi connectivity index (χ1v) is 8.65. The van der Waals surface area contributed by atoms with Crippen LogP contribution in [0.2, 0.25) is 0 Å². The average molecular weight is 340 g/mol. The number of likely N-dealkylation sites (N-methyl/N-ethyl adjacent to an activating group) is 1. The van der Waals surface area contributed by atoms with Gasteiger partial charge in [-0.3, -0.25) is 4.79 Å². The summed E-state index contributed by atoms with van der Waals surface area (Å²) in [5, 5.41) is 0. The van der Waals surface area contributed by atoms with Crippen LogP contribution >= 0.6 is 0 Å². The van der Waals surface area contributed by atoms with Crippen molar-refractivity contribution in [2.24, 2.45) is 0 Å². The maximum atomic E-state index is 12.6. The number of carbonyl (C=O) groups is 1. The molecule has 1 saturated heterocycles. The second-order valence-electron chi connectivity index (χ2n) is 6.34. The Balaban J connectivity index is 1.65. The third kappa shape index (κ3) is 4.37. The van der Waals surface area contributed by atoms with E-state index in [4.69, 9.17) is 9.47 Å². The lowest BCUT2D eigenvalue weighted by molar-refractivity contribution is -0.000186. The molecule has 132 valence electrons. The molecular weight excluding hydrogens is 316 g/mol. The molecule has 2 aromatic rings. The highest BCUT2D eigenvalue weighted by Gasteiger charge is 2.19. The van der Waals surface area contributed by atoms with Crippen LogP contribution in [0, 0.1) is 0 Å². The van der Waals surface area contributed by atoms with Gasteiger partial charge >= 0.3 is 0 Å². The van der Waals surface area contributed by atoms with Crippen LogP contribution in [-0.2, 0) is 4.74 Å². The quantitative estimate of drug-likeness (QED) is 0.837. The first kappa shape index (κ1) is 17.4. The van der Waals surface area contributed by atoms with Crippen molar-refractivity contribution in [3.63, 3.8) is 0 Å². The van der Waals surface area contributed by atoms with Crippen molar-refractivity contribution in [3.05, 3.63) is 48.2 Å². The van der Waals surface area contributed by atoms with Gasteiger partial charge in [0.25, 0.3) is 5.91 Å². The Hall–Kier alpha value is -2.40. The SMILES string of the molecule is COc1ccc(-c2ccc(C(=O)N(C)C[C@H]3CCCCO3)cc2)cn1. The second kappa shape index (κ2) is 8.12. The van der Waals surface area contributed by atoms with E-state index in [9.17, 15) is 4.79 Å². The number of methoxy groups -OCH3 is 1. The molecular formula is C20H24N2O3. The normalized spacial score (nSPS) is 17.1. The average Bonchev–Trinajstić information content (AvgIpc) is 2.68. The Morgan fingerprint density at radius 2 is 1.96 bits per heavy atom. The number of benzene rings is 1. The van der Waals surface area contributed by atoms with Gasteiger partial charge in [0.05, 0.1) is 13.2 Å². The summed E-state index contributed by atoms with van der Waals surface area (Å²) >= 11 is 0. The Kier molecular flexibility index (Phi) is 5.66. The zero-order valence-corrected chi connectivity index (χ0v) is 14.8. The first-order chi connectivity index (χ1) is 12.2. The minimum Gasteiger partial charge on any atom is -0.481 e. The van der Waals surface area contributed by atoms with E-state index >= 15 is 0 Å². The fourth-order valence-corrected chi connectivity index (χ4v) is 3.04. The molecule has 5 heteroatoms. The minimum atomic E-state index is 0.0218. The molecule has 0 spiro atoms. The van der Waals surface area contributed by atoms with Crippen LogP contribution in [0.15, 0.2) is 42.6 Å². The number of nitrogens with zero attached hydrogens (tertiary/aromatic N) is 2. The van der Waals surface area contributed by atoms with E-state index in [1.54, 1.807) is 18.2 Å². The smallest absolute Gasteiger partial charge is 0.253 e. The predicted molar refractivity (Wildman–Crippen MR) is 96.8 cm³/mol. The highest BCUT2D eigenvalue weighted by molar-refractivity contribution is 5.94. The number of hydrogen-bond acceptors (Lipinski definition) is 4. The predicted octanol–water partition coefficient (Wildman–Crippen LogP) is 3.40. The molecule has 5 nitrogen and oxygen atoms in total. The van der Waals surface area contributed by atoms with Crippen LogP contribution in [0.3, 0.4) is 0 Å². The maximum absolute atomic E-state index is 12.6. The van der Waals surface area contributed by atoms with Crippen LogP contribution < -0.4 is 4.74 Å². The molecule has 1 atom stereocenters. The third-order valence-corrected chi connectivity index (χ3v) is 4.51. The standard InChI is InChI=1S/C20H24N2O3/c1-22(14-18-5-3-4-12-25-18)20(23)16-8-6-15(7-9-16)17-10-11-19(24-2)21-13-17/h6-11,13,18H,3-5,12,14H2,1-2H3/t18-/m1/s1. The molecule has 0 unspecified atom stereocenters. The summed E-state index contributed by atoms with van der Waals surface area (Å²) in [6.45, 7) is 1.44. The number of aromatic nitrogens is 1. The Bertz CT molecular complexity index is 692. The molecule has 3 rings (SSSR count). The van der Waals surface area contributed by atoms with Crippen molar-refractivity contribution >= 4 is 5.91 Å². The van der Waals surface area contributed by atoms with Gasteiger partial charge in [0.2, 0.25) is 5.88 Å². The molecule has 2 heterocycles. The Morgan fingerprint density at radius 1 is 1.20 bits per heavy atom. The minimum absolute atomic E-state index is 0.0218. The van der Waals surface area contributed by atoms with Crippen LogP contribution in [0.5, 0.6) is 5.88 Å². The van der Waals surface area contributed by atoms with E-state index in [1.807, 2.05) is 43.4 Å². The van der Waals surface area contributed by atoms with E-state index in [0.717, 1.165) is 30.6 Å². The first-order valence-electron chi connectivity index (χ1n) is 8.65. The van der Waals surface area contributed by atoms with Crippen LogP contribution in [0.1, 0.15) is 29.6 Å². The van der Waals surface area contributed by atoms with E-state index < -0.39 is 0 Å². The summed E-state index contributed by atoms with van der Waals surface area (Å²) in [6.07, 6.45) is 5.25. The molecule has 1 aromatic heterocycles. The van der Waals surface area contributed by atoms with E-state index in [0.29, 0.717) is 18.0 Å². The fourth-order valence-electron chi connectivity index (χ4n) is 3.04. The molecule has 1 aliphatic rings. The van der Waals surface area contributed by atoms with Crippen molar-refractivity contribution in [1.82, 2.24) is 9.88 Å². The van der Waals surface area contributed by atoms with Crippen LogP contribution in [0.4, 0.5) is 0 Å². The number of pyridine rings is 1. The third-order valence-electron chi connectivity index (χ3n) is 4.51. The fraction of sp³-hybridized carbons (Fsp3) is 0.400. The van der Waals surface area contributed by atoms with Crippen molar-refractivity contribution in [1.29, 1.82) is 0 Å². The largest absolute Gasteiger partial charge is 0.481 e. The Morgan fingerprint density at radius 3 is 2.56 bits per heavy atom. The van der Waals surface area contributed by atoms with E-state index in [2.05, 4.69) is 4.98 Å². The lowest BCUT2D eigenvalue weighted by Gasteiger charge is -2.27. The molecule has 1 fully saturated rings. The zero-order chi connectivity index (χ0) is 17.6. The number of hydrogen-bond donors (Lipinski definition) is 0. The molecule has 0 saturated carbocycles. The Labute approximate surface area is 148 Å². The summed E-state index contributed by atoms with van der Waals surface area (Å²) in [5.74, 6) is 0.607. The summed E-state index contributed by atoms with van der Waals surface area (Å²) in [5.41, 5.74) is 2.69. The van der Waals surface area contributed by atoms with Gasteiger partial charge in [-0.1, -0.05) is 12.1 Å². The molecule has 1 aromatic carbocycles. The topological polar surface area (TPSA) is 51.7 Å². The molecule has 0 N–H and O–H groups in total. The van der Waals surface area contributed by atoms with Crippen LogP contribution in [-0.4, -0.2) is 49.2 Å². The number of carbonyl (C=O) groups excluding carboxylic acids is 1. The van der Waals surface area contributed by atoms with Crippen molar-refractivity contribution in [2.75, 3.05) is 27.3 Å². The van der Waals surface area contributed by atoms with Gasteiger partial charge in [-0.25, -0.2) is 4.98 Å². The van der Waals surface area contributed by atoms with Gasteiger partial charge in [-0.05, 0) is 43.0 Å². The summed E-state index contributed by atoms with van der Waals surface area (Å²) in [6, 6.07) is 11.4. The van der Waals surface area contributed by atoms with E-state index in [-0.39, 0.29) is 12.0 Å². The van der Waals surface area contributed by atoms with Gasteiger partial charge in [0.15, 0.2) is 0 Å². The van der Waals surface area contributed by atoms with Crippen molar-refractivity contribution < 1.29 is 14.3 Å². The van der Waals surface area contributed by atoms with Gasteiger partial charge in [0, 0.05) is 43.6 Å². The molecule has 1 amide bonds. The zero-order valence-electron chi connectivity index (χ0n) is 14.8. The van der Waals surface area contributed by atoms with Gasteiger partial charge in [-0.2, -0.15) is 0 Å². The summed E-state index contributed by atoms with van der Waals surface area (Å²) in [7, 11) is 3.43. The molecule has 1 aliphatic heterocycles. The van der Waals surface area contributed by atoms with Gasteiger partial charge < -0.3 is 14.4 Å². The van der Waals surface area contributed by atoms with Crippen LogP contribution in [0.25, 0.3) is 11.1 Å². The number of ether oxygens (including phenoxy) is 2. The van der Waals surface area contributed by atoms with Gasteiger partial charge in [0.1, 0.15) is 0 Å². The van der Waals surface area contributed by atoms with Gasteiger partial charge in [-0.15, -0.1) is 0 Å². The van der Waals surface area contributed by atoms with Crippen molar-refractivity contribution in [2.45, 2.75) is 25.4 Å². The lowest BCUT2D eigenvalue weighted by Crippen LogP contribution is -2.37. The highest BCUT2D eigenvalue weighted by Crippen LogP contribution is 2.21. The van der Waals surface area contributed by atoms with E-state index in [1.165, 1.54) is 6.42 Å². The maximum Gasteiger partial charge on any atom is 0.253 e. The number of amides is 1. The molecule has 0 radical (unpaired) electrons. The molecule has 25 heavy (non-hydrogen) atoms. The highest BCUT2D eigenvalue weighted by atomic mass is 16.5. The monoisotopic (exact) mass is 340 g/mol. The summed E-state index contributed by atoms with van der Waals surface area (Å²) in [4.78, 5) is 18.6. The second-order valence-corrected chi connectivity index (χ2v) is 6.34. The molecule has 0 bridgehead atoms. The number of rotatable bonds is 5. The lowest BCUT2D eigenvalue weighted by atomic mass is 10.0. The van der Waals surface area contributed by atoms with Crippen molar-refractivity contribution in [3.8, 4) is 17.0 Å².